The first-order valence-corrected chi connectivity index (χ1v) is 8.59. The van der Waals surface area contributed by atoms with Crippen LogP contribution in [-0.4, -0.2) is 9.97 Å². The average molecular weight is 374 g/mol. The van der Waals surface area contributed by atoms with Crippen LogP contribution >= 0.6 is 0 Å². The maximum absolute atomic E-state index is 12.5. The summed E-state index contributed by atoms with van der Waals surface area (Å²) in [6.45, 7) is 16.9. The van der Waals surface area contributed by atoms with Crippen LogP contribution in [-0.2, 0) is 23.4 Å². The van der Waals surface area contributed by atoms with Crippen molar-refractivity contribution < 1.29 is 22.0 Å². The van der Waals surface area contributed by atoms with Gasteiger partial charge in [0.05, 0.1) is 11.4 Å². The van der Waals surface area contributed by atoms with Gasteiger partial charge in [-0.1, -0.05) is 48.5 Å². The molecule has 4 nitrogen and oxygen atoms in total. The van der Waals surface area contributed by atoms with E-state index >= 15 is 0 Å². The molecule has 0 bridgehead atoms. The number of nitrogens with zero attached hydrogens (tertiary/aromatic N) is 2. The molecule has 26 heavy (non-hydrogen) atoms. The van der Waals surface area contributed by atoms with E-state index in [1.165, 1.54) is 6.92 Å². The van der Waals surface area contributed by atoms with Crippen molar-refractivity contribution in [3.63, 3.8) is 0 Å². The number of hydrogen-bond acceptors (Lipinski definition) is 4. The lowest BCUT2D eigenvalue weighted by atomic mass is 9.91. The normalized spacial score (nSPS) is 12.8. The molecule has 148 valence electrons. The van der Waals surface area contributed by atoms with Crippen molar-refractivity contribution in [3.8, 4) is 0 Å². The number of aryl methyl sites for hydroxylation is 3. The first-order chi connectivity index (χ1) is 11.6. The standard InChI is InChI=1S/C10H17NO.C9H12F3NO/c1-6-8-11-7(2)9(12-8)10(3,4)5;1-5-13-6(8(2,3)4)7(14-5)9(10,11)12/h6H2,1-5H3;1-4H3. The van der Waals surface area contributed by atoms with Gasteiger partial charge in [-0.05, 0) is 6.92 Å². The van der Waals surface area contributed by atoms with Crippen molar-refractivity contribution in [2.75, 3.05) is 0 Å². The van der Waals surface area contributed by atoms with Gasteiger partial charge in [0, 0.05) is 24.2 Å². The molecule has 0 saturated heterocycles. The zero-order valence-electron chi connectivity index (χ0n) is 17.1. The summed E-state index contributed by atoms with van der Waals surface area (Å²) >= 11 is 0. The molecule has 0 spiro atoms. The number of aromatic nitrogens is 2. The Bertz CT molecular complexity index is 698. The van der Waals surface area contributed by atoms with Crippen molar-refractivity contribution >= 4 is 0 Å². The molecule has 0 atom stereocenters. The summed E-state index contributed by atoms with van der Waals surface area (Å²) < 4.78 is 47.6. The van der Waals surface area contributed by atoms with Crippen LogP contribution in [0.3, 0.4) is 0 Å². The monoisotopic (exact) mass is 374 g/mol. The number of rotatable bonds is 1. The van der Waals surface area contributed by atoms with Crippen molar-refractivity contribution in [3.05, 3.63) is 34.7 Å². The third-order valence-electron chi connectivity index (χ3n) is 3.53. The highest BCUT2D eigenvalue weighted by atomic mass is 19.4. The van der Waals surface area contributed by atoms with Crippen LogP contribution in [0.15, 0.2) is 8.83 Å². The first kappa shape index (κ1) is 22.3. The van der Waals surface area contributed by atoms with Gasteiger partial charge in [0.25, 0.3) is 0 Å². The van der Waals surface area contributed by atoms with Gasteiger partial charge in [-0.2, -0.15) is 13.2 Å². The Balaban J connectivity index is 0.000000263. The van der Waals surface area contributed by atoms with Crippen LogP contribution in [0.4, 0.5) is 13.2 Å². The van der Waals surface area contributed by atoms with Crippen LogP contribution in [0, 0.1) is 13.8 Å². The molecule has 0 saturated carbocycles. The summed E-state index contributed by atoms with van der Waals surface area (Å²) in [6.07, 6.45) is -3.60. The molecular formula is C19H29F3N2O2. The van der Waals surface area contributed by atoms with Gasteiger partial charge >= 0.3 is 6.18 Å². The smallest absolute Gasteiger partial charge is 0.445 e. The topological polar surface area (TPSA) is 52.1 Å². The van der Waals surface area contributed by atoms with Gasteiger partial charge in [0.2, 0.25) is 5.76 Å². The minimum atomic E-state index is -4.47. The largest absolute Gasteiger partial charge is 0.451 e. The van der Waals surface area contributed by atoms with Crippen molar-refractivity contribution in [2.24, 2.45) is 0 Å². The number of halogens is 3. The van der Waals surface area contributed by atoms with Gasteiger partial charge in [0.1, 0.15) is 5.76 Å². The molecule has 0 aromatic carbocycles. The summed E-state index contributed by atoms with van der Waals surface area (Å²) in [6, 6.07) is 0. The van der Waals surface area contributed by atoms with E-state index in [-0.39, 0.29) is 17.0 Å². The molecule has 0 fully saturated rings. The summed E-state index contributed by atoms with van der Waals surface area (Å²) in [5, 5.41) is 0. The average Bonchev–Trinajstić information content (AvgIpc) is 3.01. The molecule has 2 rings (SSSR count). The SMILES string of the molecule is CCc1nc(C)c(C(C)(C)C)o1.Cc1nc(C(C)(C)C)c(C(F)(F)F)o1. The lowest BCUT2D eigenvalue weighted by Gasteiger charge is -2.17. The fourth-order valence-electron chi connectivity index (χ4n) is 2.43. The second-order valence-electron chi connectivity index (χ2n) is 8.28. The quantitative estimate of drug-likeness (QED) is 0.601. The molecule has 0 amide bonds. The third kappa shape index (κ3) is 5.61. The lowest BCUT2D eigenvalue weighted by molar-refractivity contribution is -0.154. The highest BCUT2D eigenvalue weighted by Crippen LogP contribution is 2.37. The van der Waals surface area contributed by atoms with E-state index in [9.17, 15) is 13.2 Å². The fourth-order valence-corrected chi connectivity index (χ4v) is 2.43. The number of hydrogen-bond donors (Lipinski definition) is 0. The molecule has 2 aromatic rings. The lowest BCUT2D eigenvalue weighted by Crippen LogP contribution is -2.18. The molecule has 0 aliphatic heterocycles. The Labute approximate surface area is 153 Å². The fraction of sp³-hybridized carbons (Fsp3) is 0.684. The Morgan fingerprint density at radius 3 is 1.62 bits per heavy atom. The zero-order valence-corrected chi connectivity index (χ0v) is 17.1. The van der Waals surface area contributed by atoms with Crippen LogP contribution in [0.5, 0.6) is 0 Å². The summed E-state index contributed by atoms with van der Waals surface area (Å²) in [7, 11) is 0. The van der Waals surface area contributed by atoms with Crippen molar-refractivity contribution in [2.45, 2.75) is 85.7 Å². The van der Waals surface area contributed by atoms with Gasteiger partial charge in [0.15, 0.2) is 11.8 Å². The highest BCUT2D eigenvalue weighted by Gasteiger charge is 2.42. The second kappa shape index (κ2) is 7.45. The predicted molar refractivity (Wildman–Crippen MR) is 94.3 cm³/mol. The van der Waals surface area contributed by atoms with Gasteiger partial charge in [-0.15, -0.1) is 0 Å². The zero-order chi connectivity index (χ0) is 20.5. The van der Waals surface area contributed by atoms with Gasteiger partial charge < -0.3 is 8.83 Å². The molecule has 0 aliphatic rings. The Morgan fingerprint density at radius 1 is 0.808 bits per heavy atom. The molecule has 0 radical (unpaired) electrons. The van der Waals surface area contributed by atoms with Gasteiger partial charge in [-0.25, -0.2) is 9.97 Å². The minimum absolute atomic E-state index is 0.0394. The molecule has 0 unspecified atom stereocenters. The molecule has 0 aliphatic carbocycles. The van der Waals surface area contributed by atoms with E-state index in [0.717, 1.165) is 23.8 Å². The van der Waals surface area contributed by atoms with E-state index in [4.69, 9.17) is 4.42 Å². The highest BCUT2D eigenvalue weighted by molar-refractivity contribution is 5.21. The van der Waals surface area contributed by atoms with E-state index in [2.05, 4.69) is 42.1 Å². The summed E-state index contributed by atoms with van der Waals surface area (Å²) in [5.74, 6) is 0.918. The third-order valence-corrected chi connectivity index (χ3v) is 3.53. The van der Waals surface area contributed by atoms with Crippen LogP contribution in [0.1, 0.15) is 83.2 Å². The van der Waals surface area contributed by atoms with E-state index in [0.29, 0.717) is 0 Å². The predicted octanol–water partition coefficient (Wildman–Crippen LogP) is 6.14. The number of oxazole rings is 2. The van der Waals surface area contributed by atoms with Crippen LogP contribution in [0.2, 0.25) is 0 Å². The molecule has 2 heterocycles. The molecule has 2 aromatic heterocycles. The molecule has 0 N–H and O–H groups in total. The van der Waals surface area contributed by atoms with Crippen LogP contribution in [0.25, 0.3) is 0 Å². The molecular weight excluding hydrogens is 345 g/mol. The van der Waals surface area contributed by atoms with E-state index in [1.807, 2.05) is 6.92 Å². The summed E-state index contributed by atoms with van der Waals surface area (Å²) in [4.78, 5) is 8.09. The van der Waals surface area contributed by atoms with Crippen molar-refractivity contribution in [1.82, 2.24) is 9.97 Å². The Kier molecular flexibility index (Phi) is 6.37. The number of alkyl halides is 3. The van der Waals surface area contributed by atoms with Crippen molar-refractivity contribution in [1.29, 1.82) is 0 Å². The van der Waals surface area contributed by atoms with E-state index < -0.39 is 17.4 Å². The van der Waals surface area contributed by atoms with E-state index in [1.54, 1.807) is 20.8 Å². The van der Waals surface area contributed by atoms with Crippen LogP contribution < -0.4 is 0 Å². The molecule has 7 heteroatoms. The maximum Gasteiger partial charge on any atom is 0.451 e. The van der Waals surface area contributed by atoms with Gasteiger partial charge in [-0.3, -0.25) is 0 Å². The maximum atomic E-state index is 12.5. The summed E-state index contributed by atoms with van der Waals surface area (Å²) in [5.41, 5.74) is 0.398. The Hall–Kier alpha value is -1.79. The minimum Gasteiger partial charge on any atom is -0.445 e. The first-order valence-electron chi connectivity index (χ1n) is 8.59. The second-order valence-corrected chi connectivity index (χ2v) is 8.28. The Morgan fingerprint density at radius 2 is 1.35 bits per heavy atom.